The minimum Gasteiger partial charge on any atom is -0.497 e. The van der Waals surface area contributed by atoms with Crippen molar-refractivity contribution >= 4 is 23.3 Å². The molecule has 4 rings (SSSR count). The highest BCUT2D eigenvalue weighted by atomic mass is 16.7. The zero-order chi connectivity index (χ0) is 25.5. The Morgan fingerprint density at radius 1 is 0.806 bits per heavy atom. The molecule has 1 amide bonds. The zero-order valence-electron chi connectivity index (χ0n) is 19.6. The summed E-state index contributed by atoms with van der Waals surface area (Å²) in [5.74, 6) is 0.681. The number of carbonyl (C=O) groups is 3. The third-order valence-electron chi connectivity index (χ3n) is 5.16. The highest BCUT2D eigenvalue weighted by Gasteiger charge is 2.19. The maximum Gasteiger partial charge on any atom is 0.338 e. The van der Waals surface area contributed by atoms with Gasteiger partial charge in [-0.2, -0.15) is 0 Å². The predicted octanol–water partition coefficient (Wildman–Crippen LogP) is 3.49. The van der Waals surface area contributed by atoms with Gasteiger partial charge in [0.25, 0.3) is 5.91 Å². The summed E-state index contributed by atoms with van der Waals surface area (Å²) in [6.07, 6.45) is 0. The fourth-order valence-corrected chi connectivity index (χ4v) is 3.30. The van der Waals surface area contributed by atoms with Crippen molar-refractivity contribution in [1.82, 2.24) is 0 Å². The fraction of sp³-hybridized carbons (Fsp3) is 0.192. The van der Waals surface area contributed by atoms with Crippen LogP contribution in [0.15, 0.2) is 60.7 Å². The number of benzene rings is 3. The minimum atomic E-state index is -0.716. The second-order valence-electron chi connectivity index (χ2n) is 7.50. The molecule has 0 fully saturated rings. The number of nitrogens with one attached hydrogen (secondary N) is 1. The van der Waals surface area contributed by atoms with E-state index in [-0.39, 0.29) is 36.4 Å². The first kappa shape index (κ1) is 24.4. The number of ether oxygens (including phenoxy) is 6. The summed E-state index contributed by atoms with van der Waals surface area (Å²) in [7, 11) is 2.96. The molecule has 1 aliphatic rings. The molecule has 3 aromatic rings. The maximum absolute atomic E-state index is 12.5. The van der Waals surface area contributed by atoms with Crippen molar-refractivity contribution in [2.75, 3.05) is 39.5 Å². The number of hydrogen-bond donors (Lipinski definition) is 1. The van der Waals surface area contributed by atoms with E-state index < -0.39 is 18.4 Å². The van der Waals surface area contributed by atoms with Gasteiger partial charge in [0.15, 0.2) is 42.0 Å². The number of Topliss-reactive ketones (excluding diaryl/α,β-unsaturated/α-hetero) is 1. The van der Waals surface area contributed by atoms with Gasteiger partial charge in [0.1, 0.15) is 5.75 Å². The standard InChI is InChI=1S/C26H23NO9/c1-31-19-7-5-18(6-8-19)27-25(29)14-33-21-10-4-17(12-23(21)32-2)26(30)34-13-20(28)16-3-9-22-24(11-16)36-15-35-22/h3-12H,13-15H2,1-2H3,(H,27,29). The van der Waals surface area contributed by atoms with Crippen molar-refractivity contribution in [2.45, 2.75) is 0 Å². The molecule has 10 heteroatoms. The Morgan fingerprint density at radius 3 is 2.31 bits per heavy atom. The molecule has 1 aliphatic heterocycles. The number of amides is 1. The Kier molecular flexibility index (Phi) is 7.54. The van der Waals surface area contributed by atoms with Gasteiger partial charge in [-0.25, -0.2) is 4.79 Å². The van der Waals surface area contributed by atoms with Gasteiger partial charge in [-0.05, 0) is 60.7 Å². The van der Waals surface area contributed by atoms with E-state index in [0.29, 0.717) is 28.5 Å². The summed E-state index contributed by atoms with van der Waals surface area (Å²) in [6.45, 7) is -0.641. The van der Waals surface area contributed by atoms with Crippen LogP contribution in [0.3, 0.4) is 0 Å². The van der Waals surface area contributed by atoms with Gasteiger partial charge in [0.2, 0.25) is 6.79 Å². The molecule has 3 aromatic carbocycles. The predicted molar refractivity (Wildman–Crippen MR) is 127 cm³/mol. The lowest BCUT2D eigenvalue weighted by atomic mass is 10.1. The lowest BCUT2D eigenvalue weighted by Crippen LogP contribution is -2.20. The molecule has 1 N–H and O–H groups in total. The molecule has 0 aromatic heterocycles. The van der Waals surface area contributed by atoms with Crippen LogP contribution in [0.2, 0.25) is 0 Å². The van der Waals surface area contributed by atoms with Crippen LogP contribution in [-0.2, 0) is 9.53 Å². The van der Waals surface area contributed by atoms with E-state index in [1.54, 1.807) is 49.6 Å². The summed E-state index contributed by atoms with van der Waals surface area (Å²) in [4.78, 5) is 37.1. The first-order valence-corrected chi connectivity index (χ1v) is 10.8. The largest absolute Gasteiger partial charge is 0.497 e. The molecule has 10 nitrogen and oxygen atoms in total. The summed E-state index contributed by atoms with van der Waals surface area (Å²) in [5, 5.41) is 2.70. The molecular formula is C26H23NO9. The fourth-order valence-electron chi connectivity index (χ4n) is 3.30. The molecule has 0 saturated heterocycles. The van der Waals surface area contributed by atoms with Gasteiger partial charge in [0.05, 0.1) is 19.8 Å². The minimum absolute atomic E-state index is 0.0941. The smallest absolute Gasteiger partial charge is 0.338 e. The third-order valence-corrected chi connectivity index (χ3v) is 5.16. The molecular weight excluding hydrogens is 470 g/mol. The molecule has 0 unspecified atom stereocenters. The van der Waals surface area contributed by atoms with Crippen molar-refractivity contribution in [1.29, 1.82) is 0 Å². The molecule has 0 radical (unpaired) electrons. The summed E-state index contributed by atoms with van der Waals surface area (Å²) in [5.41, 5.74) is 1.08. The first-order valence-electron chi connectivity index (χ1n) is 10.8. The van der Waals surface area contributed by atoms with Crippen LogP contribution in [0.1, 0.15) is 20.7 Å². The van der Waals surface area contributed by atoms with Crippen LogP contribution in [0.4, 0.5) is 5.69 Å². The van der Waals surface area contributed by atoms with Gasteiger partial charge in [-0.15, -0.1) is 0 Å². The first-order chi connectivity index (χ1) is 17.5. The number of esters is 1. The molecule has 0 spiro atoms. The van der Waals surface area contributed by atoms with Crippen LogP contribution in [0.5, 0.6) is 28.7 Å². The van der Waals surface area contributed by atoms with E-state index in [1.807, 2.05) is 0 Å². The molecule has 186 valence electrons. The van der Waals surface area contributed by atoms with Gasteiger partial charge in [-0.1, -0.05) is 0 Å². The molecule has 0 atom stereocenters. The average Bonchev–Trinajstić information content (AvgIpc) is 3.38. The topological polar surface area (TPSA) is 119 Å². The van der Waals surface area contributed by atoms with Gasteiger partial charge >= 0.3 is 5.97 Å². The number of fused-ring (bicyclic) bond motifs is 1. The van der Waals surface area contributed by atoms with E-state index in [9.17, 15) is 14.4 Å². The van der Waals surface area contributed by atoms with E-state index in [1.165, 1.54) is 25.3 Å². The SMILES string of the molecule is COc1ccc(NC(=O)COc2ccc(C(=O)OCC(=O)c3ccc4c(c3)OCO4)cc2OC)cc1. The van der Waals surface area contributed by atoms with Crippen LogP contribution in [0, 0.1) is 0 Å². The second kappa shape index (κ2) is 11.1. The lowest BCUT2D eigenvalue weighted by Gasteiger charge is -2.12. The number of carbonyl (C=O) groups excluding carboxylic acids is 3. The highest BCUT2D eigenvalue weighted by Crippen LogP contribution is 2.33. The Morgan fingerprint density at radius 2 is 1.56 bits per heavy atom. The Balaban J connectivity index is 1.31. The summed E-state index contributed by atoms with van der Waals surface area (Å²) < 4.78 is 31.5. The maximum atomic E-state index is 12.5. The van der Waals surface area contributed by atoms with Crippen LogP contribution >= 0.6 is 0 Å². The quantitative estimate of drug-likeness (QED) is 0.334. The Hall–Kier alpha value is -4.73. The van der Waals surface area contributed by atoms with Crippen molar-refractivity contribution in [3.05, 3.63) is 71.8 Å². The second-order valence-corrected chi connectivity index (χ2v) is 7.50. The van der Waals surface area contributed by atoms with Crippen molar-refractivity contribution < 1.29 is 42.8 Å². The molecule has 36 heavy (non-hydrogen) atoms. The molecule has 0 bridgehead atoms. The van der Waals surface area contributed by atoms with Crippen LogP contribution in [-0.4, -0.2) is 51.9 Å². The van der Waals surface area contributed by atoms with Crippen molar-refractivity contribution in [2.24, 2.45) is 0 Å². The average molecular weight is 493 g/mol. The van der Waals surface area contributed by atoms with E-state index in [4.69, 9.17) is 28.4 Å². The van der Waals surface area contributed by atoms with E-state index in [2.05, 4.69) is 5.32 Å². The van der Waals surface area contributed by atoms with Crippen molar-refractivity contribution in [3.63, 3.8) is 0 Å². The third kappa shape index (κ3) is 5.84. The van der Waals surface area contributed by atoms with Gasteiger partial charge in [-0.3, -0.25) is 9.59 Å². The number of ketones is 1. The van der Waals surface area contributed by atoms with Crippen LogP contribution < -0.4 is 29.0 Å². The Labute approximate surface area is 206 Å². The normalized spacial score (nSPS) is 11.4. The molecule has 0 aliphatic carbocycles. The van der Waals surface area contributed by atoms with E-state index in [0.717, 1.165) is 0 Å². The van der Waals surface area contributed by atoms with Gasteiger partial charge < -0.3 is 33.7 Å². The molecule has 1 heterocycles. The van der Waals surface area contributed by atoms with E-state index >= 15 is 0 Å². The van der Waals surface area contributed by atoms with Gasteiger partial charge in [0, 0.05) is 11.3 Å². The number of hydrogen-bond acceptors (Lipinski definition) is 9. The van der Waals surface area contributed by atoms with Crippen LogP contribution in [0.25, 0.3) is 0 Å². The molecule has 0 saturated carbocycles. The number of anilines is 1. The number of rotatable bonds is 10. The summed E-state index contributed by atoms with van der Waals surface area (Å²) >= 11 is 0. The lowest BCUT2D eigenvalue weighted by molar-refractivity contribution is -0.118. The summed E-state index contributed by atoms with van der Waals surface area (Å²) in [6, 6.07) is 15.9. The Bertz CT molecular complexity index is 1270. The monoisotopic (exact) mass is 493 g/mol. The number of methoxy groups -OCH3 is 2. The zero-order valence-corrected chi connectivity index (χ0v) is 19.6. The highest BCUT2D eigenvalue weighted by molar-refractivity contribution is 6.00. The van der Waals surface area contributed by atoms with Crippen molar-refractivity contribution in [3.8, 4) is 28.7 Å².